The molecule has 0 saturated carbocycles. The minimum absolute atomic E-state index is 0.0788. The first-order valence-corrected chi connectivity index (χ1v) is 5.93. The van der Waals surface area contributed by atoms with E-state index < -0.39 is 5.91 Å². The van der Waals surface area contributed by atoms with E-state index in [1.165, 1.54) is 0 Å². The van der Waals surface area contributed by atoms with E-state index in [0.29, 0.717) is 18.1 Å². The number of hydrogen-bond donors (Lipinski definition) is 3. The molecular formula is C9H13N5O2S. The second kappa shape index (κ2) is 4.58. The predicted molar refractivity (Wildman–Crippen MR) is 64.9 cm³/mol. The SMILES string of the molecule is NC(=O)c1c(N)nsc1N1CCCNC(=O)C1. The summed E-state index contributed by atoms with van der Waals surface area (Å²) in [6, 6.07) is 0. The molecule has 1 aliphatic heterocycles. The number of primary amides is 1. The molecule has 8 heteroatoms. The highest BCUT2D eigenvalue weighted by molar-refractivity contribution is 7.11. The van der Waals surface area contributed by atoms with Gasteiger partial charge in [0.05, 0.1) is 6.54 Å². The average Bonchev–Trinajstić information content (AvgIpc) is 2.51. The van der Waals surface area contributed by atoms with E-state index in [1.54, 1.807) is 4.90 Å². The topological polar surface area (TPSA) is 114 Å². The number of nitrogens with two attached hydrogens (primary N) is 2. The van der Waals surface area contributed by atoms with Crippen molar-refractivity contribution in [2.45, 2.75) is 6.42 Å². The van der Waals surface area contributed by atoms with Gasteiger partial charge in [0, 0.05) is 13.1 Å². The van der Waals surface area contributed by atoms with Gasteiger partial charge in [0.15, 0.2) is 5.82 Å². The molecule has 1 aromatic heterocycles. The second-order valence-corrected chi connectivity index (χ2v) is 4.49. The highest BCUT2D eigenvalue weighted by Crippen LogP contribution is 2.30. The van der Waals surface area contributed by atoms with E-state index in [9.17, 15) is 9.59 Å². The van der Waals surface area contributed by atoms with E-state index in [1.807, 2.05) is 0 Å². The van der Waals surface area contributed by atoms with Crippen molar-refractivity contribution < 1.29 is 9.59 Å². The van der Waals surface area contributed by atoms with E-state index in [2.05, 4.69) is 9.69 Å². The average molecular weight is 255 g/mol. The van der Waals surface area contributed by atoms with Crippen molar-refractivity contribution in [3.63, 3.8) is 0 Å². The van der Waals surface area contributed by atoms with Crippen molar-refractivity contribution in [1.29, 1.82) is 0 Å². The minimum atomic E-state index is -0.615. The molecule has 0 aromatic carbocycles. The summed E-state index contributed by atoms with van der Waals surface area (Å²) in [7, 11) is 0. The van der Waals surface area contributed by atoms with Gasteiger partial charge in [0.2, 0.25) is 5.91 Å². The summed E-state index contributed by atoms with van der Waals surface area (Å²) in [6.45, 7) is 1.50. The summed E-state index contributed by atoms with van der Waals surface area (Å²) in [5.74, 6) is -0.567. The molecule has 1 aliphatic rings. The molecule has 1 aromatic rings. The van der Waals surface area contributed by atoms with Crippen LogP contribution >= 0.6 is 11.5 Å². The number of rotatable bonds is 2. The zero-order valence-electron chi connectivity index (χ0n) is 9.10. The summed E-state index contributed by atoms with van der Waals surface area (Å²) < 4.78 is 3.91. The molecule has 0 spiro atoms. The number of nitrogens with zero attached hydrogens (tertiary/aromatic N) is 2. The summed E-state index contributed by atoms with van der Waals surface area (Å²) in [5.41, 5.74) is 11.1. The number of carbonyl (C=O) groups is 2. The van der Waals surface area contributed by atoms with Crippen LogP contribution in [0.2, 0.25) is 0 Å². The molecule has 2 heterocycles. The Bertz CT molecular complexity index is 458. The lowest BCUT2D eigenvalue weighted by Crippen LogP contribution is -2.33. The van der Waals surface area contributed by atoms with E-state index >= 15 is 0 Å². The van der Waals surface area contributed by atoms with E-state index in [-0.39, 0.29) is 23.8 Å². The van der Waals surface area contributed by atoms with Crippen molar-refractivity contribution in [1.82, 2.24) is 9.69 Å². The predicted octanol–water partition coefficient (Wildman–Crippen LogP) is -0.850. The molecule has 0 unspecified atom stereocenters. The zero-order valence-corrected chi connectivity index (χ0v) is 9.92. The van der Waals surface area contributed by atoms with E-state index in [4.69, 9.17) is 11.5 Å². The molecule has 1 saturated heterocycles. The van der Waals surface area contributed by atoms with Gasteiger partial charge in [-0.1, -0.05) is 0 Å². The van der Waals surface area contributed by atoms with Crippen molar-refractivity contribution in [3.8, 4) is 0 Å². The van der Waals surface area contributed by atoms with Gasteiger partial charge >= 0.3 is 0 Å². The fourth-order valence-corrected chi connectivity index (χ4v) is 2.56. The molecule has 0 radical (unpaired) electrons. The Morgan fingerprint density at radius 1 is 1.53 bits per heavy atom. The highest BCUT2D eigenvalue weighted by Gasteiger charge is 2.24. The lowest BCUT2D eigenvalue weighted by atomic mass is 10.2. The van der Waals surface area contributed by atoms with Crippen LogP contribution in [-0.4, -0.2) is 35.8 Å². The smallest absolute Gasteiger partial charge is 0.255 e. The van der Waals surface area contributed by atoms with Gasteiger partial charge in [-0.3, -0.25) is 9.59 Å². The maximum absolute atomic E-state index is 11.4. The number of aromatic nitrogens is 1. The molecule has 2 rings (SSSR count). The van der Waals surface area contributed by atoms with Crippen LogP contribution < -0.4 is 21.7 Å². The monoisotopic (exact) mass is 255 g/mol. The van der Waals surface area contributed by atoms with Crippen molar-refractivity contribution >= 4 is 34.2 Å². The van der Waals surface area contributed by atoms with Crippen LogP contribution in [0.3, 0.4) is 0 Å². The lowest BCUT2D eigenvalue weighted by Gasteiger charge is -2.19. The van der Waals surface area contributed by atoms with Crippen molar-refractivity contribution in [3.05, 3.63) is 5.56 Å². The molecule has 0 atom stereocenters. The molecule has 0 bridgehead atoms. The number of amides is 2. The van der Waals surface area contributed by atoms with Crippen LogP contribution in [0.25, 0.3) is 0 Å². The van der Waals surface area contributed by atoms with Crippen LogP contribution in [0.5, 0.6) is 0 Å². The quantitative estimate of drug-likeness (QED) is 0.637. The Labute approximate surface area is 102 Å². The fraction of sp³-hybridized carbons (Fsp3) is 0.444. The fourth-order valence-electron chi connectivity index (χ4n) is 1.72. The lowest BCUT2D eigenvalue weighted by molar-refractivity contribution is -0.119. The molecule has 7 nitrogen and oxygen atoms in total. The van der Waals surface area contributed by atoms with E-state index in [0.717, 1.165) is 18.0 Å². The highest BCUT2D eigenvalue weighted by atomic mass is 32.1. The standard InChI is InChI=1S/C9H13N5O2S/c10-7-6(8(11)16)9(17-13-7)14-3-1-2-12-5(15)4-14/h1-4H2,(H2,10,13)(H2,11,16)(H,12,15). The first-order chi connectivity index (χ1) is 8.09. The number of nitrogen functional groups attached to an aromatic ring is 1. The molecule has 1 fully saturated rings. The Morgan fingerprint density at radius 3 is 3.00 bits per heavy atom. The Morgan fingerprint density at radius 2 is 2.29 bits per heavy atom. The molecule has 2 amide bonds. The van der Waals surface area contributed by atoms with Gasteiger partial charge in [0.25, 0.3) is 5.91 Å². The summed E-state index contributed by atoms with van der Waals surface area (Å²) in [6.07, 6.45) is 0.807. The molecule has 17 heavy (non-hydrogen) atoms. The third-order valence-corrected chi connectivity index (χ3v) is 3.42. The van der Waals surface area contributed by atoms with Crippen LogP contribution in [-0.2, 0) is 4.79 Å². The van der Waals surface area contributed by atoms with Gasteiger partial charge in [-0.05, 0) is 18.0 Å². The van der Waals surface area contributed by atoms with Crippen molar-refractivity contribution in [2.75, 3.05) is 30.3 Å². The van der Waals surface area contributed by atoms with Crippen LogP contribution in [0.4, 0.5) is 10.8 Å². The molecular weight excluding hydrogens is 242 g/mol. The summed E-state index contributed by atoms with van der Waals surface area (Å²) in [5, 5.41) is 3.33. The van der Waals surface area contributed by atoms with Crippen LogP contribution in [0, 0.1) is 0 Å². The first kappa shape index (κ1) is 11.6. The number of carbonyl (C=O) groups excluding carboxylic acids is 2. The number of hydrogen-bond acceptors (Lipinski definition) is 6. The van der Waals surface area contributed by atoms with Crippen LogP contribution in [0.15, 0.2) is 0 Å². The number of anilines is 2. The molecule has 0 aliphatic carbocycles. The van der Waals surface area contributed by atoms with Crippen molar-refractivity contribution in [2.24, 2.45) is 5.73 Å². The first-order valence-electron chi connectivity index (χ1n) is 5.16. The Kier molecular flexibility index (Phi) is 3.14. The third kappa shape index (κ3) is 2.31. The largest absolute Gasteiger partial charge is 0.382 e. The summed E-state index contributed by atoms with van der Waals surface area (Å²) >= 11 is 1.09. The number of nitrogens with one attached hydrogen (secondary N) is 1. The van der Waals surface area contributed by atoms with Gasteiger partial charge in [-0.25, -0.2) is 0 Å². The molecule has 92 valence electrons. The Balaban J connectivity index is 2.32. The molecule has 5 N–H and O–H groups in total. The summed E-state index contributed by atoms with van der Waals surface area (Å²) in [4.78, 5) is 24.5. The maximum Gasteiger partial charge on any atom is 0.255 e. The maximum atomic E-state index is 11.4. The zero-order chi connectivity index (χ0) is 12.4. The van der Waals surface area contributed by atoms with Gasteiger partial charge in [-0.15, -0.1) is 0 Å². The third-order valence-electron chi connectivity index (χ3n) is 2.50. The Hall–Kier alpha value is -1.83. The normalized spacial score (nSPS) is 16.5. The van der Waals surface area contributed by atoms with Gasteiger partial charge in [0.1, 0.15) is 10.6 Å². The van der Waals surface area contributed by atoms with Gasteiger partial charge < -0.3 is 21.7 Å². The van der Waals surface area contributed by atoms with Crippen LogP contribution in [0.1, 0.15) is 16.8 Å². The second-order valence-electron chi connectivity index (χ2n) is 3.74. The van der Waals surface area contributed by atoms with Gasteiger partial charge in [-0.2, -0.15) is 4.37 Å². The minimum Gasteiger partial charge on any atom is -0.382 e.